The van der Waals surface area contributed by atoms with Crippen LogP contribution in [-0.2, 0) is 16.1 Å². The van der Waals surface area contributed by atoms with Crippen molar-refractivity contribution in [2.45, 2.75) is 38.8 Å². The molecule has 49 heavy (non-hydrogen) atoms. The second-order valence-electron chi connectivity index (χ2n) is 11.8. The van der Waals surface area contributed by atoms with Crippen molar-refractivity contribution in [2.75, 3.05) is 13.2 Å². The van der Waals surface area contributed by atoms with Gasteiger partial charge in [-0.3, -0.25) is 29.4 Å². The van der Waals surface area contributed by atoms with Crippen molar-refractivity contribution in [2.24, 2.45) is 0 Å². The van der Waals surface area contributed by atoms with E-state index in [1.807, 2.05) is 48.5 Å². The first-order valence-corrected chi connectivity index (χ1v) is 15.9. The SMILES string of the molecule is CCC(=C(c1ccc(O)cc1)c1ccc(OCCNCc2cc(F)c3c(c2)C(=O)N(C2CCC(=O)NC2=O)C3=O)cc1)c1ccc(O)cc1. The maximum Gasteiger partial charge on any atom is 0.265 e. The molecule has 250 valence electrons. The Kier molecular flexibility index (Phi) is 9.54. The van der Waals surface area contributed by atoms with Gasteiger partial charge in [-0.1, -0.05) is 43.3 Å². The zero-order chi connectivity index (χ0) is 34.7. The third-order valence-electron chi connectivity index (χ3n) is 8.60. The molecule has 0 bridgehead atoms. The van der Waals surface area contributed by atoms with Crippen LogP contribution in [0.4, 0.5) is 4.39 Å². The van der Waals surface area contributed by atoms with Crippen LogP contribution in [0.25, 0.3) is 11.1 Å². The zero-order valence-corrected chi connectivity index (χ0v) is 26.7. The van der Waals surface area contributed by atoms with Crippen molar-refractivity contribution < 1.29 is 38.5 Å². The van der Waals surface area contributed by atoms with E-state index >= 15 is 4.39 Å². The summed E-state index contributed by atoms with van der Waals surface area (Å²) in [6.07, 6.45) is 0.693. The summed E-state index contributed by atoms with van der Waals surface area (Å²) in [6, 6.07) is 23.2. The Morgan fingerprint density at radius 3 is 2.10 bits per heavy atom. The molecule has 0 aromatic heterocycles. The number of imide groups is 2. The molecule has 1 saturated heterocycles. The summed E-state index contributed by atoms with van der Waals surface area (Å²) < 4.78 is 21.0. The molecule has 1 atom stereocenters. The largest absolute Gasteiger partial charge is 0.508 e. The number of ether oxygens (including phenoxy) is 1. The number of aromatic hydroxyl groups is 2. The summed E-state index contributed by atoms with van der Waals surface area (Å²) in [7, 11) is 0. The van der Waals surface area contributed by atoms with Gasteiger partial charge in [-0.2, -0.15) is 0 Å². The molecule has 2 heterocycles. The number of rotatable bonds is 11. The van der Waals surface area contributed by atoms with Gasteiger partial charge in [0.2, 0.25) is 11.8 Å². The lowest BCUT2D eigenvalue weighted by Gasteiger charge is -2.27. The first-order chi connectivity index (χ1) is 23.6. The lowest BCUT2D eigenvalue weighted by atomic mass is 9.88. The Labute approximate surface area is 281 Å². The first kappa shape index (κ1) is 33.1. The molecule has 0 saturated carbocycles. The summed E-state index contributed by atoms with van der Waals surface area (Å²) in [5.41, 5.74) is 4.87. The number of nitrogens with zero attached hydrogens (tertiary/aromatic N) is 1. The highest BCUT2D eigenvalue weighted by molar-refractivity contribution is 6.23. The van der Waals surface area contributed by atoms with Gasteiger partial charge in [0.25, 0.3) is 11.8 Å². The predicted molar refractivity (Wildman–Crippen MR) is 179 cm³/mol. The fourth-order valence-electron chi connectivity index (χ4n) is 6.23. The Morgan fingerprint density at radius 2 is 1.49 bits per heavy atom. The van der Waals surface area contributed by atoms with E-state index in [0.717, 1.165) is 39.2 Å². The van der Waals surface area contributed by atoms with Crippen LogP contribution in [0, 0.1) is 5.82 Å². The third-order valence-corrected chi connectivity index (χ3v) is 8.60. The molecular formula is C38H34FN3O7. The average Bonchev–Trinajstić information content (AvgIpc) is 3.34. The number of nitrogens with one attached hydrogen (secondary N) is 2. The highest BCUT2D eigenvalue weighted by Crippen LogP contribution is 2.36. The number of hydrogen-bond acceptors (Lipinski definition) is 8. The number of allylic oxidation sites excluding steroid dienone is 1. The average molecular weight is 664 g/mol. The minimum absolute atomic E-state index is 0.00917. The van der Waals surface area contributed by atoms with Crippen LogP contribution in [0.3, 0.4) is 0 Å². The Morgan fingerprint density at radius 1 is 0.878 bits per heavy atom. The third kappa shape index (κ3) is 6.93. The molecule has 2 aliphatic rings. The molecule has 0 radical (unpaired) electrons. The minimum Gasteiger partial charge on any atom is -0.508 e. The molecular weight excluding hydrogens is 629 g/mol. The normalized spacial score (nSPS) is 16.4. The van der Waals surface area contributed by atoms with Crippen molar-refractivity contribution in [1.82, 2.24) is 15.5 Å². The minimum atomic E-state index is -1.17. The molecule has 1 unspecified atom stereocenters. The number of carbonyl (C=O) groups is 4. The topological polar surface area (TPSA) is 145 Å². The number of amides is 4. The number of halogens is 1. The van der Waals surface area contributed by atoms with E-state index in [1.165, 1.54) is 12.1 Å². The Balaban J connectivity index is 1.09. The summed E-state index contributed by atoms with van der Waals surface area (Å²) in [6.45, 7) is 2.96. The van der Waals surface area contributed by atoms with Crippen molar-refractivity contribution in [3.05, 3.63) is 124 Å². The molecule has 10 nitrogen and oxygen atoms in total. The number of carbonyl (C=O) groups excluding carboxylic acids is 4. The number of phenols is 2. The molecule has 6 rings (SSSR count). The Hall–Kier alpha value is -5.81. The van der Waals surface area contributed by atoms with Gasteiger partial charge >= 0.3 is 0 Å². The lowest BCUT2D eigenvalue weighted by Crippen LogP contribution is -2.54. The summed E-state index contributed by atoms with van der Waals surface area (Å²) >= 11 is 0. The molecule has 4 N–H and O–H groups in total. The van der Waals surface area contributed by atoms with E-state index in [1.54, 1.807) is 24.3 Å². The lowest BCUT2D eigenvalue weighted by molar-refractivity contribution is -0.136. The summed E-state index contributed by atoms with van der Waals surface area (Å²) in [4.78, 5) is 50.5. The van der Waals surface area contributed by atoms with E-state index < -0.39 is 35.5 Å². The van der Waals surface area contributed by atoms with Crippen LogP contribution in [-0.4, -0.2) is 57.9 Å². The van der Waals surface area contributed by atoms with Gasteiger partial charge in [0.05, 0.1) is 11.1 Å². The second kappa shape index (κ2) is 14.1. The first-order valence-electron chi connectivity index (χ1n) is 15.9. The standard InChI is InChI=1S/C38H34FN3O7/c1-2-29(23-3-9-26(43)10-4-23)34(24-5-11-27(44)12-6-24)25-7-13-28(14-8-25)49-18-17-40-21-22-19-30-35(31(39)20-22)38(48)42(37(30)47)32-15-16-33(45)41-36(32)46/h3-14,19-20,32,40,43-44H,2,15-18,21H2,1H3,(H,41,45,46). The van der Waals surface area contributed by atoms with Crippen LogP contribution in [0.2, 0.25) is 0 Å². The molecule has 0 aliphatic carbocycles. The van der Waals surface area contributed by atoms with E-state index in [9.17, 15) is 29.4 Å². The smallest absolute Gasteiger partial charge is 0.265 e. The fourth-order valence-corrected chi connectivity index (χ4v) is 6.23. The molecule has 1 fully saturated rings. The van der Waals surface area contributed by atoms with Crippen molar-refractivity contribution in [3.8, 4) is 17.2 Å². The molecule has 4 aromatic carbocycles. The van der Waals surface area contributed by atoms with Crippen LogP contribution in [0.1, 0.15) is 69.2 Å². The number of phenolic OH excluding ortho intramolecular Hbond substituents is 2. The maximum absolute atomic E-state index is 15.0. The van der Waals surface area contributed by atoms with Gasteiger partial charge in [-0.25, -0.2) is 4.39 Å². The number of hydrogen-bond donors (Lipinski definition) is 4. The van der Waals surface area contributed by atoms with Crippen LogP contribution in [0.5, 0.6) is 17.2 Å². The molecule has 11 heteroatoms. The molecule has 4 amide bonds. The van der Waals surface area contributed by atoms with Gasteiger partial charge < -0.3 is 20.3 Å². The van der Waals surface area contributed by atoms with Gasteiger partial charge in [-0.15, -0.1) is 0 Å². The monoisotopic (exact) mass is 663 g/mol. The van der Waals surface area contributed by atoms with Crippen LogP contribution >= 0.6 is 0 Å². The van der Waals surface area contributed by atoms with Gasteiger partial charge in [0.1, 0.15) is 35.7 Å². The van der Waals surface area contributed by atoms with E-state index in [0.29, 0.717) is 24.5 Å². The van der Waals surface area contributed by atoms with E-state index in [4.69, 9.17) is 4.74 Å². The van der Waals surface area contributed by atoms with E-state index in [-0.39, 0.29) is 42.0 Å². The molecule has 0 spiro atoms. The zero-order valence-electron chi connectivity index (χ0n) is 26.7. The second-order valence-corrected chi connectivity index (χ2v) is 11.8. The number of piperidine rings is 1. The highest BCUT2D eigenvalue weighted by Gasteiger charge is 2.46. The van der Waals surface area contributed by atoms with E-state index in [2.05, 4.69) is 17.6 Å². The van der Waals surface area contributed by atoms with Gasteiger partial charge in [0, 0.05) is 19.5 Å². The Bertz CT molecular complexity index is 1960. The highest BCUT2D eigenvalue weighted by atomic mass is 19.1. The summed E-state index contributed by atoms with van der Waals surface area (Å²) in [5.74, 6) is -2.74. The van der Waals surface area contributed by atoms with Gasteiger partial charge in [-0.05, 0) is 94.8 Å². The fraction of sp³-hybridized carbons (Fsp3) is 0.211. The van der Waals surface area contributed by atoms with Gasteiger partial charge in [0.15, 0.2) is 0 Å². The molecule has 2 aliphatic heterocycles. The van der Waals surface area contributed by atoms with Crippen LogP contribution < -0.4 is 15.4 Å². The van der Waals surface area contributed by atoms with Crippen molar-refractivity contribution >= 4 is 34.8 Å². The number of benzene rings is 4. The predicted octanol–water partition coefficient (Wildman–Crippen LogP) is 5.18. The van der Waals surface area contributed by atoms with Crippen molar-refractivity contribution in [3.63, 3.8) is 0 Å². The quantitative estimate of drug-likeness (QED) is 0.0977. The number of fused-ring (bicyclic) bond motifs is 1. The van der Waals surface area contributed by atoms with Crippen molar-refractivity contribution in [1.29, 1.82) is 0 Å². The summed E-state index contributed by atoms with van der Waals surface area (Å²) in [5, 5.41) is 25.0. The molecule has 4 aromatic rings. The maximum atomic E-state index is 15.0. The van der Waals surface area contributed by atoms with Crippen LogP contribution in [0.15, 0.2) is 84.9 Å².